The van der Waals surface area contributed by atoms with Crippen molar-refractivity contribution >= 4 is 5.78 Å². The van der Waals surface area contributed by atoms with Gasteiger partial charge in [-0.2, -0.15) is 0 Å². The molecule has 0 aromatic carbocycles. The van der Waals surface area contributed by atoms with Crippen LogP contribution in [0, 0.1) is 5.41 Å². The van der Waals surface area contributed by atoms with Crippen molar-refractivity contribution in [3.8, 4) is 0 Å². The van der Waals surface area contributed by atoms with Crippen LogP contribution in [0.1, 0.15) is 36.2 Å². The molecule has 0 amide bonds. The van der Waals surface area contributed by atoms with Crippen LogP contribution in [0.15, 0.2) is 12.4 Å². The second kappa shape index (κ2) is 2.22. The van der Waals surface area contributed by atoms with Gasteiger partial charge in [-0.15, -0.1) is 0 Å². The Bertz CT molecular complexity index is 322. The highest BCUT2D eigenvalue weighted by Gasteiger charge is 2.30. The van der Waals surface area contributed by atoms with Gasteiger partial charge in [-0.1, -0.05) is 13.8 Å². The Morgan fingerprint density at radius 2 is 2.08 bits per heavy atom. The molecule has 0 fully saturated rings. The van der Waals surface area contributed by atoms with Gasteiger partial charge in [0.15, 0.2) is 5.78 Å². The quantitative estimate of drug-likeness (QED) is 0.624. The largest absolute Gasteiger partial charge is 0.367 e. The van der Waals surface area contributed by atoms with Crippen molar-refractivity contribution in [1.82, 2.24) is 4.98 Å². The molecule has 0 radical (unpaired) electrons. The Hall–Kier alpha value is -1.05. The summed E-state index contributed by atoms with van der Waals surface area (Å²) in [6.45, 7) is 4.28. The lowest BCUT2D eigenvalue weighted by molar-refractivity contribution is 0.0913. The topological polar surface area (TPSA) is 32.9 Å². The minimum absolute atomic E-state index is 0.145. The van der Waals surface area contributed by atoms with E-state index in [0.717, 1.165) is 12.0 Å². The summed E-state index contributed by atoms with van der Waals surface area (Å²) >= 11 is 0. The minimum atomic E-state index is 0.145. The maximum Gasteiger partial charge on any atom is 0.165 e. The highest BCUT2D eigenvalue weighted by atomic mass is 16.1. The van der Waals surface area contributed by atoms with Crippen LogP contribution in [-0.2, 0) is 6.42 Å². The fourth-order valence-corrected chi connectivity index (χ4v) is 1.91. The molecule has 1 aromatic rings. The third-order valence-corrected chi connectivity index (χ3v) is 2.44. The van der Waals surface area contributed by atoms with Crippen LogP contribution in [0.2, 0.25) is 0 Å². The number of carbonyl (C=O) groups excluding carboxylic acids is 1. The van der Waals surface area contributed by atoms with Gasteiger partial charge in [0.2, 0.25) is 0 Å². The second-order valence-corrected chi connectivity index (χ2v) is 4.34. The van der Waals surface area contributed by atoms with Crippen molar-refractivity contribution < 1.29 is 4.79 Å². The first-order valence-electron chi connectivity index (χ1n) is 4.27. The number of aromatic nitrogens is 1. The molecule has 2 rings (SSSR count). The molecule has 1 heterocycles. The molecule has 0 atom stereocenters. The van der Waals surface area contributed by atoms with Crippen LogP contribution < -0.4 is 0 Å². The van der Waals surface area contributed by atoms with Crippen LogP contribution in [-0.4, -0.2) is 10.8 Å². The van der Waals surface area contributed by atoms with Gasteiger partial charge in [-0.3, -0.25) is 4.79 Å². The van der Waals surface area contributed by atoms with Crippen LogP contribution in [0.5, 0.6) is 0 Å². The molecule has 1 aliphatic rings. The monoisotopic (exact) mass is 163 g/mol. The van der Waals surface area contributed by atoms with E-state index in [1.165, 1.54) is 5.56 Å². The molecule has 2 heteroatoms. The molecule has 1 aliphatic carbocycles. The van der Waals surface area contributed by atoms with Crippen molar-refractivity contribution in [3.63, 3.8) is 0 Å². The Balaban J connectivity index is 2.45. The van der Waals surface area contributed by atoms with E-state index < -0.39 is 0 Å². The molecule has 0 unspecified atom stereocenters. The zero-order valence-electron chi connectivity index (χ0n) is 7.48. The molecule has 0 bridgehead atoms. The number of rotatable bonds is 0. The van der Waals surface area contributed by atoms with Crippen LogP contribution >= 0.6 is 0 Å². The average Bonchev–Trinajstić information content (AvgIpc) is 2.31. The summed E-state index contributed by atoms with van der Waals surface area (Å²) in [5, 5.41) is 0. The zero-order valence-corrected chi connectivity index (χ0v) is 7.48. The molecule has 0 saturated heterocycles. The Morgan fingerprint density at radius 1 is 1.33 bits per heavy atom. The molecule has 0 aliphatic heterocycles. The fourth-order valence-electron chi connectivity index (χ4n) is 1.91. The lowest BCUT2D eigenvalue weighted by atomic mass is 9.75. The molecule has 2 nitrogen and oxygen atoms in total. The zero-order chi connectivity index (χ0) is 8.77. The Kier molecular flexibility index (Phi) is 1.40. The van der Waals surface area contributed by atoms with Crippen LogP contribution in [0.4, 0.5) is 0 Å². The molecule has 0 spiro atoms. The van der Waals surface area contributed by atoms with E-state index in [9.17, 15) is 4.79 Å². The van der Waals surface area contributed by atoms with Crippen molar-refractivity contribution in [2.75, 3.05) is 0 Å². The van der Waals surface area contributed by atoms with Crippen molar-refractivity contribution in [1.29, 1.82) is 0 Å². The summed E-state index contributed by atoms with van der Waals surface area (Å²) in [7, 11) is 0. The van der Waals surface area contributed by atoms with Crippen LogP contribution in [0.25, 0.3) is 0 Å². The van der Waals surface area contributed by atoms with Crippen LogP contribution in [0.3, 0.4) is 0 Å². The van der Waals surface area contributed by atoms with Crippen molar-refractivity contribution in [3.05, 3.63) is 23.5 Å². The lowest BCUT2D eigenvalue weighted by Gasteiger charge is -2.27. The molecule has 1 aromatic heterocycles. The van der Waals surface area contributed by atoms with E-state index in [1.807, 2.05) is 12.4 Å². The fraction of sp³-hybridized carbons (Fsp3) is 0.500. The summed E-state index contributed by atoms with van der Waals surface area (Å²) in [6, 6.07) is 0. The smallest absolute Gasteiger partial charge is 0.165 e. The molecule has 64 valence electrons. The number of hydrogen-bond acceptors (Lipinski definition) is 1. The molecular formula is C10H13NO. The van der Waals surface area contributed by atoms with Gasteiger partial charge in [-0.05, 0) is 17.4 Å². The predicted octanol–water partition coefficient (Wildman–Crippen LogP) is 2.17. The van der Waals surface area contributed by atoms with E-state index in [0.29, 0.717) is 6.42 Å². The summed E-state index contributed by atoms with van der Waals surface area (Å²) < 4.78 is 0. The second-order valence-electron chi connectivity index (χ2n) is 4.34. The SMILES string of the molecule is CC1(C)CC(=O)c2c[nH]cc2C1. The average molecular weight is 163 g/mol. The van der Waals surface area contributed by atoms with E-state index in [1.54, 1.807) is 0 Å². The first kappa shape index (κ1) is 7.59. The standard InChI is InChI=1S/C10H13NO/c1-10(2)3-7-5-11-6-8(7)9(12)4-10/h5-6,11H,3-4H2,1-2H3. The van der Waals surface area contributed by atoms with Gasteiger partial charge >= 0.3 is 0 Å². The number of Topliss-reactive ketones (excluding diaryl/α,β-unsaturated/α-hetero) is 1. The van der Waals surface area contributed by atoms with Crippen molar-refractivity contribution in [2.24, 2.45) is 5.41 Å². The molecule has 0 saturated carbocycles. The van der Waals surface area contributed by atoms with Gasteiger partial charge in [0.1, 0.15) is 0 Å². The third kappa shape index (κ3) is 1.07. The highest BCUT2D eigenvalue weighted by molar-refractivity contribution is 5.98. The number of hydrogen-bond donors (Lipinski definition) is 1. The molecule has 1 N–H and O–H groups in total. The van der Waals surface area contributed by atoms with E-state index in [4.69, 9.17) is 0 Å². The number of aromatic amines is 1. The number of ketones is 1. The normalized spacial score (nSPS) is 20.7. The summed E-state index contributed by atoms with van der Waals surface area (Å²) in [4.78, 5) is 14.5. The Morgan fingerprint density at radius 3 is 2.83 bits per heavy atom. The first-order chi connectivity index (χ1) is 5.58. The minimum Gasteiger partial charge on any atom is -0.367 e. The maximum absolute atomic E-state index is 11.5. The number of carbonyl (C=O) groups is 1. The third-order valence-electron chi connectivity index (χ3n) is 2.44. The van der Waals surface area contributed by atoms with Gasteiger partial charge in [0.05, 0.1) is 0 Å². The summed E-state index contributed by atoms with van der Waals surface area (Å²) in [5.41, 5.74) is 2.22. The number of fused-ring (bicyclic) bond motifs is 1. The molecular weight excluding hydrogens is 150 g/mol. The Labute approximate surface area is 72.0 Å². The highest BCUT2D eigenvalue weighted by Crippen LogP contribution is 2.34. The number of nitrogens with one attached hydrogen (secondary N) is 1. The van der Waals surface area contributed by atoms with Crippen molar-refractivity contribution in [2.45, 2.75) is 26.7 Å². The predicted molar refractivity (Wildman–Crippen MR) is 47.2 cm³/mol. The molecule has 12 heavy (non-hydrogen) atoms. The first-order valence-corrected chi connectivity index (χ1v) is 4.27. The van der Waals surface area contributed by atoms with E-state index >= 15 is 0 Å². The lowest BCUT2D eigenvalue weighted by Crippen LogP contribution is -2.25. The van der Waals surface area contributed by atoms with E-state index in [2.05, 4.69) is 18.8 Å². The summed E-state index contributed by atoms with van der Waals surface area (Å²) in [6.07, 6.45) is 5.44. The number of H-pyrrole nitrogens is 1. The van der Waals surface area contributed by atoms with Gasteiger partial charge in [-0.25, -0.2) is 0 Å². The van der Waals surface area contributed by atoms with Gasteiger partial charge in [0, 0.05) is 24.4 Å². The maximum atomic E-state index is 11.5. The van der Waals surface area contributed by atoms with E-state index in [-0.39, 0.29) is 11.2 Å². The van der Waals surface area contributed by atoms with Gasteiger partial charge < -0.3 is 4.98 Å². The summed E-state index contributed by atoms with van der Waals surface area (Å²) in [5.74, 6) is 0.280. The van der Waals surface area contributed by atoms with Gasteiger partial charge in [0.25, 0.3) is 0 Å².